The van der Waals surface area contributed by atoms with Crippen LogP contribution < -0.4 is 10.1 Å². The summed E-state index contributed by atoms with van der Waals surface area (Å²) in [5.41, 5.74) is 0.839. The topological polar surface area (TPSA) is 72.5 Å². The van der Waals surface area contributed by atoms with Crippen LogP contribution in [0.15, 0.2) is 53.4 Å². The van der Waals surface area contributed by atoms with E-state index in [2.05, 4.69) is 5.32 Å². The zero-order valence-electron chi connectivity index (χ0n) is 15.6. The summed E-state index contributed by atoms with van der Waals surface area (Å²) in [7, 11) is -3.25. The van der Waals surface area contributed by atoms with E-state index in [4.69, 9.17) is 16.3 Å². The van der Waals surface area contributed by atoms with E-state index in [1.807, 2.05) is 13.8 Å². The van der Waals surface area contributed by atoms with Gasteiger partial charge in [0.05, 0.1) is 16.0 Å². The van der Waals surface area contributed by atoms with Gasteiger partial charge in [-0.3, -0.25) is 4.79 Å². The zero-order chi connectivity index (χ0) is 20.0. The van der Waals surface area contributed by atoms with Gasteiger partial charge in [-0.2, -0.15) is 0 Å². The lowest BCUT2D eigenvalue weighted by molar-refractivity contribution is -0.128. The van der Waals surface area contributed by atoms with Crippen LogP contribution in [0.4, 0.5) is 0 Å². The summed E-state index contributed by atoms with van der Waals surface area (Å²) >= 11 is 6.10. The quantitative estimate of drug-likeness (QED) is 0.710. The minimum absolute atomic E-state index is 0.239. The van der Waals surface area contributed by atoms with E-state index in [-0.39, 0.29) is 16.8 Å². The summed E-state index contributed by atoms with van der Waals surface area (Å²) in [6, 6.07) is 13.3. The Hall–Kier alpha value is -2.05. The molecule has 0 spiro atoms. The summed E-state index contributed by atoms with van der Waals surface area (Å²) in [5, 5.41) is 3.43. The number of benzene rings is 2. The molecular weight excluding hydrogens is 386 g/mol. The number of amides is 1. The van der Waals surface area contributed by atoms with E-state index in [1.54, 1.807) is 48.5 Å². The SMILES string of the molecule is CC[C@H](Oc1ccccc1Cl)C(=O)N[C@@H](CC)c1ccc(S(C)(=O)=O)cc1. The number of rotatable bonds is 8. The maximum absolute atomic E-state index is 12.7. The summed E-state index contributed by atoms with van der Waals surface area (Å²) in [6.45, 7) is 3.81. The Morgan fingerprint density at radius 3 is 2.22 bits per heavy atom. The smallest absolute Gasteiger partial charge is 0.261 e. The number of halogens is 1. The van der Waals surface area contributed by atoms with Crippen molar-refractivity contribution in [2.45, 2.75) is 43.7 Å². The average Bonchev–Trinajstić information content (AvgIpc) is 2.64. The van der Waals surface area contributed by atoms with Crippen molar-refractivity contribution in [3.05, 3.63) is 59.1 Å². The van der Waals surface area contributed by atoms with Gasteiger partial charge in [0.1, 0.15) is 5.75 Å². The van der Waals surface area contributed by atoms with Crippen LogP contribution in [0.1, 0.15) is 38.3 Å². The molecule has 0 unspecified atom stereocenters. The van der Waals surface area contributed by atoms with Gasteiger partial charge in [-0.05, 0) is 42.7 Å². The van der Waals surface area contributed by atoms with Gasteiger partial charge >= 0.3 is 0 Å². The van der Waals surface area contributed by atoms with Gasteiger partial charge in [0.15, 0.2) is 15.9 Å². The average molecular weight is 410 g/mol. The highest BCUT2D eigenvalue weighted by Crippen LogP contribution is 2.25. The molecule has 7 heteroatoms. The van der Waals surface area contributed by atoms with Crippen molar-refractivity contribution >= 4 is 27.3 Å². The molecular formula is C20H24ClNO4S. The summed E-state index contributed by atoms with van der Waals surface area (Å²) < 4.78 is 29.0. The third kappa shape index (κ3) is 5.71. The Bertz CT molecular complexity index is 881. The molecule has 2 aromatic rings. The highest BCUT2D eigenvalue weighted by molar-refractivity contribution is 7.90. The van der Waals surface area contributed by atoms with Gasteiger partial charge in [-0.1, -0.05) is 49.7 Å². The number of ether oxygens (including phenoxy) is 1. The van der Waals surface area contributed by atoms with E-state index in [1.165, 1.54) is 6.26 Å². The number of sulfone groups is 1. The van der Waals surface area contributed by atoms with Crippen molar-refractivity contribution < 1.29 is 17.9 Å². The van der Waals surface area contributed by atoms with Gasteiger partial charge in [-0.25, -0.2) is 8.42 Å². The standard InChI is InChI=1S/C20H24ClNO4S/c1-4-17(14-10-12-15(13-11-14)27(3,24)25)22-20(23)18(5-2)26-19-9-7-6-8-16(19)21/h6-13,17-18H,4-5H2,1-3H3,(H,22,23)/t17-,18-/m0/s1. The molecule has 0 aromatic heterocycles. The van der Waals surface area contributed by atoms with Crippen LogP contribution in [0, 0.1) is 0 Å². The summed E-state index contributed by atoms with van der Waals surface area (Å²) in [6.07, 6.45) is 1.64. The minimum Gasteiger partial charge on any atom is -0.479 e. The largest absolute Gasteiger partial charge is 0.479 e. The zero-order valence-corrected chi connectivity index (χ0v) is 17.2. The number of carbonyl (C=O) groups is 1. The predicted octanol–water partition coefficient (Wildman–Crippen LogP) is 4.17. The van der Waals surface area contributed by atoms with Crippen LogP contribution in [-0.4, -0.2) is 26.7 Å². The lowest BCUT2D eigenvalue weighted by Crippen LogP contribution is -2.40. The molecule has 0 saturated carbocycles. The minimum atomic E-state index is -3.25. The lowest BCUT2D eigenvalue weighted by atomic mass is 10.0. The Kier molecular flexibility index (Phi) is 7.27. The molecule has 5 nitrogen and oxygen atoms in total. The fraction of sp³-hybridized carbons (Fsp3) is 0.350. The highest BCUT2D eigenvalue weighted by atomic mass is 35.5. The predicted molar refractivity (Wildman–Crippen MR) is 107 cm³/mol. The van der Waals surface area contributed by atoms with Crippen LogP contribution in [0.2, 0.25) is 5.02 Å². The Morgan fingerprint density at radius 2 is 1.70 bits per heavy atom. The number of para-hydroxylation sites is 1. The monoisotopic (exact) mass is 409 g/mol. The molecule has 2 aromatic carbocycles. The lowest BCUT2D eigenvalue weighted by Gasteiger charge is -2.23. The molecule has 0 heterocycles. The second-order valence-corrected chi connectivity index (χ2v) is 8.68. The highest BCUT2D eigenvalue weighted by Gasteiger charge is 2.23. The molecule has 0 radical (unpaired) electrons. The molecule has 0 aliphatic rings. The summed E-state index contributed by atoms with van der Waals surface area (Å²) in [4.78, 5) is 12.9. The fourth-order valence-corrected chi connectivity index (χ4v) is 3.46. The molecule has 0 fully saturated rings. The van der Waals surface area contributed by atoms with Crippen molar-refractivity contribution in [3.8, 4) is 5.75 Å². The van der Waals surface area contributed by atoms with Gasteiger partial charge in [0.25, 0.3) is 5.91 Å². The molecule has 2 atom stereocenters. The second kappa shape index (κ2) is 9.24. The molecule has 0 aliphatic carbocycles. The van der Waals surface area contributed by atoms with Crippen molar-refractivity contribution in [2.24, 2.45) is 0 Å². The van der Waals surface area contributed by atoms with Crippen molar-refractivity contribution in [1.29, 1.82) is 0 Å². The molecule has 0 bridgehead atoms. The van der Waals surface area contributed by atoms with E-state index in [9.17, 15) is 13.2 Å². The molecule has 2 rings (SSSR count). The number of hydrogen-bond acceptors (Lipinski definition) is 4. The van der Waals surface area contributed by atoms with Gasteiger partial charge < -0.3 is 10.1 Å². The van der Waals surface area contributed by atoms with Crippen LogP contribution >= 0.6 is 11.6 Å². The normalized spacial score (nSPS) is 13.6. The molecule has 0 aliphatic heterocycles. The Labute approximate surface area is 165 Å². The fourth-order valence-electron chi connectivity index (χ4n) is 2.65. The van der Waals surface area contributed by atoms with Crippen LogP contribution in [0.5, 0.6) is 5.75 Å². The van der Waals surface area contributed by atoms with E-state index in [0.717, 1.165) is 5.56 Å². The van der Waals surface area contributed by atoms with E-state index >= 15 is 0 Å². The third-order valence-electron chi connectivity index (χ3n) is 4.20. The molecule has 1 amide bonds. The molecule has 1 N–H and O–H groups in total. The Balaban J connectivity index is 2.11. The summed E-state index contributed by atoms with van der Waals surface area (Å²) in [5.74, 6) is 0.225. The van der Waals surface area contributed by atoms with Crippen molar-refractivity contribution in [2.75, 3.05) is 6.26 Å². The first-order valence-electron chi connectivity index (χ1n) is 8.77. The first-order chi connectivity index (χ1) is 12.8. The van der Waals surface area contributed by atoms with E-state index < -0.39 is 15.9 Å². The van der Waals surface area contributed by atoms with Crippen LogP contribution in [0.3, 0.4) is 0 Å². The first kappa shape index (κ1) is 21.3. The maximum atomic E-state index is 12.7. The third-order valence-corrected chi connectivity index (χ3v) is 5.65. The van der Waals surface area contributed by atoms with Crippen molar-refractivity contribution in [3.63, 3.8) is 0 Å². The molecule has 0 saturated heterocycles. The van der Waals surface area contributed by atoms with Crippen LogP contribution in [0.25, 0.3) is 0 Å². The van der Waals surface area contributed by atoms with Crippen molar-refractivity contribution in [1.82, 2.24) is 5.32 Å². The number of hydrogen-bond donors (Lipinski definition) is 1. The number of nitrogens with one attached hydrogen (secondary N) is 1. The Morgan fingerprint density at radius 1 is 1.07 bits per heavy atom. The first-order valence-corrected chi connectivity index (χ1v) is 11.0. The number of carbonyl (C=O) groups excluding carboxylic acids is 1. The molecule has 146 valence electrons. The van der Waals surface area contributed by atoms with Gasteiger partial charge in [-0.15, -0.1) is 0 Å². The van der Waals surface area contributed by atoms with Crippen LogP contribution in [-0.2, 0) is 14.6 Å². The van der Waals surface area contributed by atoms with Gasteiger partial charge in [0, 0.05) is 6.26 Å². The maximum Gasteiger partial charge on any atom is 0.261 e. The second-order valence-electron chi connectivity index (χ2n) is 6.26. The van der Waals surface area contributed by atoms with E-state index in [0.29, 0.717) is 23.6 Å². The van der Waals surface area contributed by atoms with Gasteiger partial charge in [0.2, 0.25) is 0 Å². The molecule has 27 heavy (non-hydrogen) atoms.